The number of carbonyl (C=O) groups excluding carboxylic acids is 1. The van der Waals surface area contributed by atoms with E-state index in [4.69, 9.17) is 9.15 Å². The molecule has 3 heterocycles. The van der Waals surface area contributed by atoms with Gasteiger partial charge in [0.1, 0.15) is 11.3 Å². The molecule has 2 aromatic heterocycles. The van der Waals surface area contributed by atoms with Gasteiger partial charge in [0, 0.05) is 16.0 Å². The lowest BCUT2D eigenvalue weighted by atomic mass is 9.98. The third-order valence-corrected chi connectivity index (χ3v) is 6.21. The van der Waals surface area contributed by atoms with Crippen LogP contribution in [0.1, 0.15) is 34.6 Å². The van der Waals surface area contributed by atoms with Gasteiger partial charge < -0.3 is 9.15 Å². The molecule has 0 saturated carbocycles. The fourth-order valence-corrected chi connectivity index (χ4v) is 4.76. The lowest BCUT2D eigenvalue weighted by Gasteiger charge is -2.23. The van der Waals surface area contributed by atoms with Crippen molar-refractivity contribution >= 4 is 49.3 Å². The first-order chi connectivity index (χ1) is 14.6. The Balaban J connectivity index is 1.80. The van der Waals surface area contributed by atoms with Crippen molar-refractivity contribution in [1.29, 1.82) is 0 Å². The molecule has 0 spiro atoms. The van der Waals surface area contributed by atoms with E-state index in [2.05, 4.69) is 20.9 Å². The molecule has 6 nitrogen and oxygen atoms in total. The van der Waals surface area contributed by atoms with Gasteiger partial charge in [0.05, 0.1) is 23.6 Å². The zero-order valence-electron chi connectivity index (χ0n) is 15.8. The second-order valence-electron chi connectivity index (χ2n) is 6.71. The third-order valence-electron chi connectivity index (χ3n) is 4.94. The first-order valence-corrected chi connectivity index (χ1v) is 11.0. The van der Waals surface area contributed by atoms with Crippen LogP contribution in [0.25, 0.3) is 11.0 Å². The second kappa shape index (κ2) is 7.37. The lowest BCUT2D eigenvalue weighted by Crippen LogP contribution is -2.29. The summed E-state index contributed by atoms with van der Waals surface area (Å²) in [7, 11) is 0. The van der Waals surface area contributed by atoms with Gasteiger partial charge in [-0.3, -0.25) is 14.5 Å². The van der Waals surface area contributed by atoms with Crippen LogP contribution in [0.2, 0.25) is 0 Å². The number of halogens is 1. The summed E-state index contributed by atoms with van der Waals surface area (Å²) in [5.41, 5.74) is 1.21. The number of rotatable bonds is 4. The molecule has 1 atom stereocenters. The Kier molecular flexibility index (Phi) is 4.67. The van der Waals surface area contributed by atoms with E-state index < -0.39 is 6.04 Å². The van der Waals surface area contributed by atoms with Crippen molar-refractivity contribution in [3.8, 4) is 5.75 Å². The molecule has 0 N–H and O–H groups in total. The van der Waals surface area contributed by atoms with E-state index >= 15 is 0 Å². The van der Waals surface area contributed by atoms with Crippen LogP contribution in [0.3, 0.4) is 0 Å². The highest BCUT2D eigenvalue weighted by Gasteiger charge is 2.44. The molecule has 1 aliphatic heterocycles. The summed E-state index contributed by atoms with van der Waals surface area (Å²) < 4.78 is 12.3. The van der Waals surface area contributed by atoms with Crippen LogP contribution in [0.4, 0.5) is 5.13 Å². The van der Waals surface area contributed by atoms with Gasteiger partial charge in [-0.1, -0.05) is 28.1 Å². The maximum absolute atomic E-state index is 13.5. The molecular weight excluding hydrogens is 468 g/mol. The van der Waals surface area contributed by atoms with Gasteiger partial charge in [-0.05, 0) is 42.8 Å². The summed E-state index contributed by atoms with van der Waals surface area (Å²) in [5, 5.41) is 2.72. The monoisotopic (exact) mass is 482 g/mol. The van der Waals surface area contributed by atoms with E-state index in [0.29, 0.717) is 34.0 Å². The molecule has 8 heteroatoms. The van der Waals surface area contributed by atoms with Crippen LogP contribution in [0, 0.1) is 0 Å². The van der Waals surface area contributed by atoms with Crippen molar-refractivity contribution in [3.05, 3.63) is 85.6 Å². The molecular formula is C22H15BrN2O4S. The molecule has 5 rings (SSSR count). The van der Waals surface area contributed by atoms with E-state index in [0.717, 1.165) is 10.0 Å². The zero-order chi connectivity index (χ0) is 20.8. The normalized spacial score (nSPS) is 15.6. The number of thiazole rings is 1. The average molecular weight is 483 g/mol. The smallest absolute Gasteiger partial charge is 0.297 e. The molecule has 0 radical (unpaired) electrons. The van der Waals surface area contributed by atoms with Crippen LogP contribution in [0.15, 0.2) is 67.7 Å². The minimum absolute atomic E-state index is 0.0526. The summed E-state index contributed by atoms with van der Waals surface area (Å²) >= 11 is 4.74. The maximum atomic E-state index is 13.5. The van der Waals surface area contributed by atoms with Crippen molar-refractivity contribution in [2.75, 3.05) is 11.5 Å². The first kappa shape index (κ1) is 19.0. The zero-order valence-corrected chi connectivity index (χ0v) is 18.2. The highest BCUT2D eigenvalue weighted by molar-refractivity contribution is 9.10. The Labute approximate surface area is 183 Å². The standard InChI is InChI=1S/C22H15BrN2O4S/c1-2-28-14-5-3-4-12(10-14)18-17-19(26)15-11-13(23)6-7-16(15)29-20(17)21(27)25(18)22-24-8-9-30-22/h3-11,18H,2H2,1H3/t18-/m1/s1. The van der Waals surface area contributed by atoms with Crippen molar-refractivity contribution in [2.24, 2.45) is 0 Å². The predicted octanol–water partition coefficient (Wildman–Crippen LogP) is 5.16. The molecule has 1 amide bonds. The Morgan fingerprint density at radius 1 is 1.23 bits per heavy atom. The van der Waals surface area contributed by atoms with Crippen LogP contribution in [0.5, 0.6) is 5.75 Å². The average Bonchev–Trinajstić information content (AvgIpc) is 3.36. The summed E-state index contributed by atoms with van der Waals surface area (Å²) in [5.74, 6) is 0.341. The number of carbonyl (C=O) groups is 1. The van der Waals surface area contributed by atoms with Crippen LogP contribution in [-0.4, -0.2) is 17.5 Å². The first-order valence-electron chi connectivity index (χ1n) is 9.30. The molecule has 150 valence electrons. The number of anilines is 1. The van der Waals surface area contributed by atoms with Crippen molar-refractivity contribution in [3.63, 3.8) is 0 Å². The molecule has 1 aliphatic rings. The van der Waals surface area contributed by atoms with E-state index in [1.54, 1.807) is 29.8 Å². The van der Waals surface area contributed by atoms with Crippen molar-refractivity contribution in [2.45, 2.75) is 13.0 Å². The van der Waals surface area contributed by atoms with E-state index in [1.165, 1.54) is 16.2 Å². The molecule has 0 fully saturated rings. The van der Waals surface area contributed by atoms with Crippen LogP contribution < -0.4 is 15.1 Å². The van der Waals surface area contributed by atoms with Gasteiger partial charge in [-0.15, -0.1) is 11.3 Å². The number of benzene rings is 2. The largest absolute Gasteiger partial charge is 0.494 e. The van der Waals surface area contributed by atoms with Gasteiger partial charge in [0.15, 0.2) is 10.6 Å². The third kappa shape index (κ3) is 2.95. The van der Waals surface area contributed by atoms with Gasteiger partial charge in [-0.2, -0.15) is 0 Å². The summed E-state index contributed by atoms with van der Waals surface area (Å²) in [6.07, 6.45) is 1.63. The van der Waals surface area contributed by atoms with Gasteiger partial charge in [0.2, 0.25) is 5.76 Å². The van der Waals surface area contributed by atoms with E-state index in [1.807, 2.05) is 31.2 Å². The maximum Gasteiger partial charge on any atom is 0.297 e. The SMILES string of the molecule is CCOc1cccc([C@@H]2c3c(oc4ccc(Br)cc4c3=O)C(=O)N2c2nccs2)c1. The van der Waals surface area contributed by atoms with Crippen molar-refractivity contribution < 1.29 is 13.9 Å². The van der Waals surface area contributed by atoms with Gasteiger partial charge in [-0.25, -0.2) is 4.98 Å². The molecule has 0 aliphatic carbocycles. The fraction of sp³-hybridized carbons (Fsp3) is 0.136. The molecule has 0 bridgehead atoms. The summed E-state index contributed by atoms with van der Waals surface area (Å²) in [6, 6.07) is 11.9. The Morgan fingerprint density at radius 2 is 2.10 bits per heavy atom. The van der Waals surface area contributed by atoms with Gasteiger partial charge >= 0.3 is 0 Å². The molecule has 0 unspecified atom stereocenters. The number of amides is 1. The number of hydrogen-bond acceptors (Lipinski definition) is 6. The Hall–Kier alpha value is -2.97. The van der Waals surface area contributed by atoms with E-state index in [-0.39, 0.29) is 17.1 Å². The number of nitrogens with zero attached hydrogens (tertiary/aromatic N) is 2. The highest BCUT2D eigenvalue weighted by Crippen LogP contribution is 2.42. The number of aromatic nitrogens is 1. The highest BCUT2D eigenvalue weighted by atomic mass is 79.9. The predicted molar refractivity (Wildman–Crippen MR) is 119 cm³/mol. The van der Waals surface area contributed by atoms with Gasteiger partial charge in [0.25, 0.3) is 5.91 Å². The topological polar surface area (TPSA) is 72.6 Å². The van der Waals surface area contributed by atoms with E-state index in [9.17, 15) is 9.59 Å². The molecule has 0 saturated heterocycles. The lowest BCUT2D eigenvalue weighted by molar-refractivity contribution is 0.0971. The number of hydrogen-bond donors (Lipinski definition) is 0. The quantitative estimate of drug-likeness (QED) is 0.401. The molecule has 4 aromatic rings. The molecule has 2 aromatic carbocycles. The minimum Gasteiger partial charge on any atom is -0.494 e. The van der Waals surface area contributed by atoms with Crippen molar-refractivity contribution in [1.82, 2.24) is 4.98 Å². The molecule has 30 heavy (non-hydrogen) atoms. The fourth-order valence-electron chi connectivity index (χ4n) is 3.73. The Bertz CT molecular complexity index is 1330. The summed E-state index contributed by atoms with van der Waals surface area (Å²) in [6.45, 7) is 2.42. The van der Waals surface area contributed by atoms with Crippen LogP contribution in [-0.2, 0) is 0 Å². The van der Waals surface area contributed by atoms with Crippen LogP contribution >= 0.6 is 27.3 Å². The second-order valence-corrected chi connectivity index (χ2v) is 8.50. The number of fused-ring (bicyclic) bond motifs is 2. The number of ether oxygens (including phenoxy) is 1. The Morgan fingerprint density at radius 3 is 2.87 bits per heavy atom. The summed E-state index contributed by atoms with van der Waals surface area (Å²) in [4.78, 5) is 32.7. The minimum atomic E-state index is -0.654.